The summed E-state index contributed by atoms with van der Waals surface area (Å²) < 4.78 is 13.6. The lowest BCUT2D eigenvalue weighted by Crippen LogP contribution is -2.35. The molecule has 0 heterocycles. The summed E-state index contributed by atoms with van der Waals surface area (Å²) in [7, 11) is 0. The van der Waals surface area contributed by atoms with E-state index in [1.165, 1.54) is 12.1 Å². The van der Waals surface area contributed by atoms with Crippen molar-refractivity contribution in [2.75, 3.05) is 13.1 Å². The summed E-state index contributed by atoms with van der Waals surface area (Å²) in [4.78, 5) is 14.0. The lowest BCUT2D eigenvalue weighted by atomic mass is 10.1. The molecule has 1 aromatic rings. The smallest absolute Gasteiger partial charge is 0.255 e. The second kappa shape index (κ2) is 7.25. The number of benzene rings is 1. The fourth-order valence-corrected chi connectivity index (χ4v) is 2.17. The topological polar surface area (TPSA) is 44.1 Å². The number of halogens is 2. The van der Waals surface area contributed by atoms with Crippen molar-refractivity contribution in [3.63, 3.8) is 0 Å². The zero-order valence-electron chi connectivity index (χ0n) is 11.0. The van der Waals surface area contributed by atoms with Gasteiger partial charge in [0.25, 0.3) is 5.91 Å². The monoisotopic (exact) mass is 326 g/mol. The molecule has 0 N–H and O–H groups in total. The minimum absolute atomic E-state index is 0.172. The van der Waals surface area contributed by atoms with Crippen LogP contribution in [0.3, 0.4) is 0 Å². The Balaban J connectivity index is 2.98. The molecule has 0 aliphatic carbocycles. The van der Waals surface area contributed by atoms with Crippen molar-refractivity contribution in [1.29, 1.82) is 5.26 Å². The van der Waals surface area contributed by atoms with Crippen LogP contribution in [-0.4, -0.2) is 23.9 Å². The molecule has 0 aromatic heterocycles. The molecule has 0 saturated heterocycles. The van der Waals surface area contributed by atoms with E-state index in [2.05, 4.69) is 15.9 Å². The quantitative estimate of drug-likeness (QED) is 0.829. The van der Waals surface area contributed by atoms with Gasteiger partial charge in [0.05, 0.1) is 22.5 Å². The number of nitriles is 1. The third-order valence-corrected chi connectivity index (χ3v) is 3.35. The maximum absolute atomic E-state index is 13.4. The number of hydrogen-bond donors (Lipinski definition) is 0. The molecule has 1 amide bonds. The molecule has 0 aliphatic rings. The number of rotatable bonds is 5. The van der Waals surface area contributed by atoms with E-state index in [9.17, 15) is 9.18 Å². The molecule has 0 atom stereocenters. The molecule has 0 bridgehead atoms. The zero-order chi connectivity index (χ0) is 14.4. The van der Waals surface area contributed by atoms with E-state index < -0.39 is 5.82 Å². The largest absolute Gasteiger partial charge is 0.337 e. The van der Waals surface area contributed by atoms with Crippen LogP contribution in [0.2, 0.25) is 0 Å². The van der Waals surface area contributed by atoms with Crippen molar-refractivity contribution < 1.29 is 9.18 Å². The van der Waals surface area contributed by atoms with Crippen molar-refractivity contribution in [3.05, 3.63) is 34.1 Å². The highest BCUT2D eigenvalue weighted by Crippen LogP contribution is 2.22. The third kappa shape index (κ3) is 4.32. The average Bonchev–Trinajstić information content (AvgIpc) is 2.36. The molecule has 0 spiro atoms. The minimum atomic E-state index is -0.462. The van der Waals surface area contributed by atoms with Crippen molar-refractivity contribution in [1.82, 2.24) is 4.90 Å². The first kappa shape index (κ1) is 15.6. The molecule has 0 aliphatic heterocycles. The highest BCUT2D eigenvalue weighted by molar-refractivity contribution is 9.10. The zero-order valence-corrected chi connectivity index (χ0v) is 12.6. The van der Waals surface area contributed by atoms with E-state index in [1.54, 1.807) is 11.0 Å². The van der Waals surface area contributed by atoms with Crippen LogP contribution in [0.4, 0.5) is 4.39 Å². The minimum Gasteiger partial charge on any atom is -0.337 e. The maximum Gasteiger partial charge on any atom is 0.255 e. The predicted molar refractivity (Wildman–Crippen MR) is 75.1 cm³/mol. The summed E-state index contributed by atoms with van der Waals surface area (Å²) in [6.45, 7) is 4.89. The third-order valence-electron chi connectivity index (χ3n) is 2.55. The number of nitrogens with zero attached hydrogens (tertiary/aromatic N) is 2. The van der Waals surface area contributed by atoms with Crippen LogP contribution < -0.4 is 0 Å². The van der Waals surface area contributed by atoms with E-state index in [1.807, 2.05) is 19.9 Å². The summed E-state index contributed by atoms with van der Waals surface area (Å²) >= 11 is 3.10. The van der Waals surface area contributed by atoms with Crippen LogP contribution in [0.25, 0.3) is 0 Å². The van der Waals surface area contributed by atoms with Gasteiger partial charge in [0.2, 0.25) is 0 Å². The normalized spacial score (nSPS) is 10.3. The number of hydrogen-bond acceptors (Lipinski definition) is 2. The van der Waals surface area contributed by atoms with Crippen LogP contribution in [0.5, 0.6) is 0 Å². The highest BCUT2D eigenvalue weighted by Gasteiger charge is 2.20. The molecule has 0 saturated carbocycles. The lowest BCUT2D eigenvalue weighted by molar-refractivity contribution is 0.0738. The van der Waals surface area contributed by atoms with Gasteiger partial charge in [0.15, 0.2) is 0 Å². The van der Waals surface area contributed by atoms with Gasteiger partial charge in [-0.15, -0.1) is 0 Å². The van der Waals surface area contributed by atoms with E-state index in [0.717, 1.165) is 0 Å². The molecule has 0 unspecified atom stereocenters. The molecular weight excluding hydrogens is 311 g/mol. The van der Waals surface area contributed by atoms with Crippen molar-refractivity contribution in [2.45, 2.75) is 20.3 Å². The Morgan fingerprint density at radius 2 is 2.21 bits per heavy atom. The molecule has 5 heteroatoms. The van der Waals surface area contributed by atoms with Crippen LogP contribution >= 0.6 is 15.9 Å². The first-order valence-electron chi connectivity index (χ1n) is 6.07. The Labute approximate surface area is 121 Å². The van der Waals surface area contributed by atoms with Gasteiger partial charge in [0, 0.05) is 13.1 Å². The van der Waals surface area contributed by atoms with Gasteiger partial charge < -0.3 is 4.90 Å². The number of carbonyl (C=O) groups excluding carboxylic acids is 1. The first-order chi connectivity index (χ1) is 8.97. The molecule has 0 fully saturated rings. The summed E-state index contributed by atoms with van der Waals surface area (Å²) in [6, 6.07) is 6.40. The molecular formula is C14H16BrFN2O. The Morgan fingerprint density at radius 1 is 1.53 bits per heavy atom. The SMILES string of the molecule is CC(C)CN(CCC#N)C(=O)c1cccc(F)c1Br. The van der Waals surface area contributed by atoms with Crippen LogP contribution in [-0.2, 0) is 0 Å². The van der Waals surface area contributed by atoms with Gasteiger partial charge in [0.1, 0.15) is 5.82 Å². The highest BCUT2D eigenvalue weighted by atomic mass is 79.9. The van der Waals surface area contributed by atoms with E-state index in [-0.39, 0.29) is 22.7 Å². The summed E-state index contributed by atoms with van der Waals surface area (Å²) in [5.41, 5.74) is 0.290. The Morgan fingerprint density at radius 3 is 2.79 bits per heavy atom. The molecule has 0 radical (unpaired) electrons. The van der Waals surface area contributed by atoms with Crippen LogP contribution in [0.15, 0.2) is 22.7 Å². The Bertz CT molecular complexity index is 497. The standard InChI is InChI=1S/C14H16BrFN2O/c1-10(2)9-18(8-4-7-17)14(19)11-5-3-6-12(16)13(11)15/h3,5-6,10H,4,8-9H2,1-2H3. The lowest BCUT2D eigenvalue weighted by Gasteiger charge is -2.24. The van der Waals surface area contributed by atoms with Gasteiger partial charge >= 0.3 is 0 Å². The van der Waals surface area contributed by atoms with Crippen molar-refractivity contribution in [2.24, 2.45) is 5.92 Å². The van der Waals surface area contributed by atoms with E-state index in [4.69, 9.17) is 5.26 Å². The van der Waals surface area contributed by atoms with Crippen molar-refractivity contribution in [3.8, 4) is 6.07 Å². The van der Waals surface area contributed by atoms with Crippen LogP contribution in [0.1, 0.15) is 30.6 Å². The van der Waals surface area contributed by atoms with Gasteiger partial charge in [-0.2, -0.15) is 5.26 Å². The first-order valence-corrected chi connectivity index (χ1v) is 6.87. The maximum atomic E-state index is 13.4. The van der Waals surface area contributed by atoms with Crippen molar-refractivity contribution >= 4 is 21.8 Å². The molecule has 1 rings (SSSR count). The molecule has 19 heavy (non-hydrogen) atoms. The van der Waals surface area contributed by atoms with Crippen LogP contribution in [0, 0.1) is 23.1 Å². The van der Waals surface area contributed by atoms with Gasteiger partial charge in [-0.05, 0) is 34.0 Å². The van der Waals surface area contributed by atoms with E-state index >= 15 is 0 Å². The Kier molecular flexibility index (Phi) is 5.97. The average molecular weight is 327 g/mol. The molecule has 102 valence electrons. The second-order valence-corrected chi connectivity index (χ2v) is 5.45. The number of carbonyl (C=O) groups is 1. The Hall–Kier alpha value is -1.41. The fraction of sp³-hybridized carbons (Fsp3) is 0.429. The summed E-state index contributed by atoms with van der Waals surface area (Å²) in [6.07, 6.45) is 0.269. The second-order valence-electron chi connectivity index (χ2n) is 4.65. The molecule has 1 aromatic carbocycles. The molecule has 3 nitrogen and oxygen atoms in total. The van der Waals surface area contributed by atoms with Gasteiger partial charge in [-0.3, -0.25) is 4.79 Å². The predicted octanol–water partition coefficient (Wildman–Crippen LogP) is 3.60. The number of amides is 1. The summed E-state index contributed by atoms with van der Waals surface area (Å²) in [5, 5.41) is 8.64. The fourth-order valence-electron chi connectivity index (χ4n) is 1.74. The van der Waals surface area contributed by atoms with Gasteiger partial charge in [-0.1, -0.05) is 19.9 Å². The summed E-state index contributed by atoms with van der Waals surface area (Å²) in [5.74, 6) is -0.430. The van der Waals surface area contributed by atoms with E-state index in [0.29, 0.717) is 18.7 Å². The van der Waals surface area contributed by atoms with Gasteiger partial charge in [-0.25, -0.2) is 4.39 Å².